The van der Waals surface area contributed by atoms with Crippen LogP contribution in [-0.4, -0.2) is 28.3 Å². The second-order valence-corrected chi connectivity index (χ2v) is 4.90. The van der Waals surface area contributed by atoms with E-state index in [4.69, 9.17) is 10.6 Å². The van der Waals surface area contributed by atoms with Crippen molar-refractivity contribution >= 4 is 23.5 Å². The van der Waals surface area contributed by atoms with E-state index in [9.17, 15) is 19.7 Å². The van der Waals surface area contributed by atoms with Gasteiger partial charge in [0.15, 0.2) is 5.78 Å². The van der Waals surface area contributed by atoms with Crippen molar-refractivity contribution in [3.05, 3.63) is 56.0 Å². The van der Waals surface area contributed by atoms with Crippen molar-refractivity contribution < 1.29 is 19.6 Å². The Labute approximate surface area is 137 Å². The molecule has 1 aromatic rings. The van der Waals surface area contributed by atoms with Gasteiger partial charge >= 0.3 is 5.97 Å². The van der Waals surface area contributed by atoms with Crippen LogP contribution in [0.5, 0.6) is 0 Å². The van der Waals surface area contributed by atoms with Crippen molar-refractivity contribution in [3.63, 3.8) is 0 Å². The Kier molecular flexibility index (Phi) is 7.66. The fourth-order valence-electron chi connectivity index (χ4n) is 1.94. The molecule has 0 atom stereocenters. The van der Waals surface area contributed by atoms with Gasteiger partial charge in [-0.25, -0.2) is 4.79 Å². The fourth-order valence-corrected chi connectivity index (χ4v) is 1.94. The highest BCUT2D eigenvalue weighted by Crippen LogP contribution is 2.16. The van der Waals surface area contributed by atoms with Crippen molar-refractivity contribution in [2.24, 2.45) is 5.11 Å². The number of carbonyl (C=O) groups is 2. The third-order valence-corrected chi connectivity index (χ3v) is 3.17. The lowest BCUT2D eigenvalue weighted by molar-refractivity contribution is -0.384. The predicted octanol–water partition coefficient (Wildman–Crippen LogP) is 3.50. The number of carbonyl (C=O) groups excluding carboxylic acids is 1. The zero-order chi connectivity index (χ0) is 17.9. The van der Waals surface area contributed by atoms with Gasteiger partial charge in [0, 0.05) is 30.0 Å². The van der Waals surface area contributed by atoms with Crippen LogP contribution in [0, 0.1) is 10.1 Å². The molecule has 0 aliphatic carbocycles. The lowest BCUT2D eigenvalue weighted by Crippen LogP contribution is -2.12. The molecule has 0 aliphatic heterocycles. The van der Waals surface area contributed by atoms with Gasteiger partial charge in [0.25, 0.3) is 5.69 Å². The molecule has 1 rings (SSSR count). The Morgan fingerprint density at radius 2 is 1.92 bits per heavy atom. The predicted molar refractivity (Wildman–Crippen MR) is 86.2 cm³/mol. The summed E-state index contributed by atoms with van der Waals surface area (Å²) in [7, 11) is 0. The van der Waals surface area contributed by atoms with E-state index in [1.807, 2.05) is 0 Å². The summed E-state index contributed by atoms with van der Waals surface area (Å²) in [6, 6.07) is 5.25. The SMILES string of the molecule is [N-]=[N+]=NCCCCCC(=O)C(=Cc1ccc([N+](=O)[O-])cc1)C(=O)O. The number of carboxylic acid groups (broad SMARTS) is 1. The molecule has 1 aromatic carbocycles. The molecule has 0 aliphatic rings. The van der Waals surface area contributed by atoms with Crippen LogP contribution in [0.3, 0.4) is 0 Å². The number of nitro groups is 1. The quantitative estimate of drug-likeness (QED) is 0.0801. The third-order valence-electron chi connectivity index (χ3n) is 3.17. The van der Waals surface area contributed by atoms with E-state index in [-0.39, 0.29) is 17.7 Å². The number of hydrogen-bond acceptors (Lipinski definition) is 5. The van der Waals surface area contributed by atoms with Crippen molar-refractivity contribution in [1.29, 1.82) is 0 Å². The zero-order valence-corrected chi connectivity index (χ0v) is 12.8. The molecule has 9 heteroatoms. The van der Waals surface area contributed by atoms with Crippen molar-refractivity contribution in [3.8, 4) is 0 Å². The summed E-state index contributed by atoms with van der Waals surface area (Å²) in [5.41, 5.74) is 8.05. The van der Waals surface area contributed by atoms with E-state index >= 15 is 0 Å². The topological polar surface area (TPSA) is 146 Å². The normalized spacial score (nSPS) is 10.8. The number of Topliss-reactive ketones (excluding diaryl/α,β-unsaturated/α-hetero) is 1. The number of nitro benzene ring substituents is 1. The molecule has 0 radical (unpaired) electrons. The Bertz CT molecular complexity index is 690. The number of ketones is 1. The van der Waals surface area contributed by atoms with Crippen LogP contribution in [0.25, 0.3) is 16.5 Å². The van der Waals surface area contributed by atoms with Crippen LogP contribution in [-0.2, 0) is 9.59 Å². The second kappa shape index (κ2) is 9.75. The maximum absolute atomic E-state index is 12.0. The largest absolute Gasteiger partial charge is 0.478 e. The summed E-state index contributed by atoms with van der Waals surface area (Å²) in [4.78, 5) is 35.9. The molecule has 24 heavy (non-hydrogen) atoms. The second-order valence-electron chi connectivity index (χ2n) is 4.90. The maximum atomic E-state index is 12.0. The molecule has 0 fully saturated rings. The molecule has 0 amide bonds. The molecule has 1 N–H and O–H groups in total. The van der Waals surface area contributed by atoms with Crippen LogP contribution in [0.1, 0.15) is 31.2 Å². The third kappa shape index (κ3) is 6.29. The van der Waals surface area contributed by atoms with Gasteiger partial charge in [-0.05, 0) is 42.1 Å². The van der Waals surface area contributed by atoms with E-state index in [0.717, 1.165) is 0 Å². The number of nitrogens with zero attached hydrogens (tertiary/aromatic N) is 4. The van der Waals surface area contributed by atoms with Crippen molar-refractivity contribution in [1.82, 2.24) is 0 Å². The van der Waals surface area contributed by atoms with Crippen molar-refractivity contribution in [2.45, 2.75) is 25.7 Å². The fraction of sp³-hybridized carbons (Fsp3) is 0.333. The molecular formula is C15H16N4O5. The number of benzene rings is 1. The number of azide groups is 1. The first-order valence-electron chi connectivity index (χ1n) is 7.19. The Morgan fingerprint density at radius 3 is 2.46 bits per heavy atom. The number of rotatable bonds is 10. The number of non-ortho nitro benzene ring substituents is 1. The Morgan fingerprint density at radius 1 is 1.25 bits per heavy atom. The van der Waals surface area contributed by atoms with Gasteiger partial charge in [-0.2, -0.15) is 0 Å². The van der Waals surface area contributed by atoms with E-state index < -0.39 is 16.7 Å². The summed E-state index contributed by atoms with van der Waals surface area (Å²) in [5, 5.41) is 23.1. The highest BCUT2D eigenvalue weighted by atomic mass is 16.6. The highest BCUT2D eigenvalue weighted by Gasteiger charge is 2.17. The molecule has 0 saturated heterocycles. The summed E-state index contributed by atoms with van der Waals surface area (Å²) in [6.07, 6.45) is 3.04. The minimum absolute atomic E-state index is 0.0708. The minimum atomic E-state index is -1.34. The number of carboxylic acids is 1. The lowest BCUT2D eigenvalue weighted by atomic mass is 10.0. The van der Waals surface area contributed by atoms with Crippen LogP contribution in [0.15, 0.2) is 35.0 Å². The van der Waals surface area contributed by atoms with E-state index in [1.54, 1.807) is 0 Å². The van der Waals surface area contributed by atoms with E-state index in [0.29, 0.717) is 31.4 Å². The Hall–Kier alpha value is -3.19. The summed E-state index contributed by atoms with van der Waals surface area (Å²) in [5.74, 6) is -1.85. The molecule has 0 saturated carbocycles. The van der Waals surface area contributed by atoms with Crippen LogP contribution in [0.4, 0.5) is 5.69 Å². The molecule has 0 unspecified atom stereocenters. The molecule has 0 spiro atoms. The summed E-state index contributed by atoms with van der Waals surface area (Å²) < 4.78 is 0. The number of unbranched alkanes of at least 4 members (excludes halogenated alkanes) is 2. The van der Waals surface area contributed by atoms with E-state index in [2.05, 4.69) is 10.0 Å². The maximum Gasteiger partial charge on any atom is 0.339 e. The first-order chi connectivity index (χ1) is 11.5. The van der Waals surface area contributed by atoms with Gasteiger partial charge in [0.2, 0.25) is 0 Å². The van der Waals surface area contributed by atoms with Gasteiger partial charge in [-0.15, -0.1) is 0 Å². The summed E-state index contributed by atoms with van der Waals surface area (Å²) >= 11 is 0. The minimum Gasteiger partial charge on any atom is -0.478 e. The Balaban J connectivity index is 2.71. The monoisotopic (exact) mass is 332 g/mol. The molecular weight excluding hydrogens is 316 g/mol. The van der Waals surface area contributed by atoms with E-state index in [1.165, 1.54) is 30.3 Å². The van der Waals surface area contributed by atoms with Gasteiger partial charge in [-0.3, -0.25) is 14.9 Å². The van der Waals surface area contributed by atoms with Gasteiger partial charge in [0.05, 0.1) is 4.92 Å². The molecule has 126 valence electrons. The average Bonchev–Trinajstić information content (AvgIpc) is 2.55. The standard InChI is InChI=1S/C15H16N4O5/c16-18-17-9-3-1-2-4-14(20)13(15(21)22)10-11-5-7-12(8-6-11)19(23)24/h5-8,10H,1-4,9H2,(H,21,22). The molecule has 9 nitrogen and oxygen atoms in total. The van der Waals surface area contributed by atoms with Crippen molar-refractivity contribution in [2.75, 3.05) is 6.54 Å². The number of hydrogen-bond donors (Lipinski definition) is 1. The number of aliphatic carboxylic acids is 1. The van der Waals surface area contributed by atoms with Gasteiger partial charge in [-0.1, -0.05) is 11.5 Å². The summed E-state index contributed by atoms with van der Waals surface area (Å²) in [6.45, 7) is 0.342. The lowest BCUT2D eigenvalue weighted by Gasteiger charge is -2.03. The molecule has 0 bridgehead atoms. The highest BCUT2D eigenvalue weighted by molar-refractivity contribution is 6.19. The molecule has 0 heterocycles. The zero-order valence-electron chi connectivity index (χ0n) is 12.8. The first-order valence-corrected chi connectivity index (χ1v) is 7.19. The van der Waals surface area contributed by atoms with Crippen LogP contribution < -0.4 is 0 Å². The van der Waals surface area contributed by atoms with Crippen LogP contribution in [0.2, 0.25) is 0 Å². The average molecular weight is 332 g/mol. The van der Waals surface area contributed by atoms with Gasteiger partial charge in [0.1, 0.15) is 5.57 Å². The van der Waals surface area contributed by atoms with Crippen LogP contribution >= 0.6 is 0 Å². The molecule has 0 aromatic heterocycles. The smallest absolute Gasteiger partial charge is 0.339 e. The first kappa shape index (κ1) is 18.9. The van der Waals surface area contributed by atoms with Gasteiger partial charge < -0.3 is 5.11 Å².